The fourth-order valence-electron chi connectivity index (χ4n) is 1.49. The van der Waals surface area contributed by atoms with Gasteiger partial charge in [-0.15, -0.1) is 0 Å². The van der Waals surface area contributed by atoms with E-state index in [1.807, 2.05) is 13.8 Å². The largest absolute Gasteiger partial charge is 0.404 e. The van der Waals surface area contributed by atoms with Crippen molar-refractivity contribution in [1.29, 1.82) is 0 Å². The van der Waals surface area contributed by atoms with Gasteiger partial charge in [-0.3, -0.25) is 0 Å². The minimum Gasteiger partial charge on any atom is -0.404 e. The van der Waals surface area contributed by atoms with E-state index in [0.29, 0.717) is 5.71 Å². The maximum Gasteiger partial charge on any atom is 0.337 e. The topological polar surface area (TPSA) is 58.9 Å². The first-order valence-electron chi connectivity index (χ1n) is 4.20. The zero-order chi connectivity index (χ0) is 9.42. The summed E-state index contributed by atoms with van der Waals surface area (Å²) in [4.78, 5) is 11.1. The molecule has 0 saturated carbocycles. The minimum atomic E-state index is -0.326. The van der Waals surface area contributed by atoms with Crippen molar-refractivity contribution in [2.45, 2.75) is 20.3 Å². The minimum absolute atomic E-state index is 0.326. The van der Waals surface area contributed by atoms with Crippen LogP contribution in [0.1, 0.15) is 18.2 Å². The number of hydrogen-bond acceptors (Lipinski definition) is 3. The molecule has 0 aliphatic rings. The lowest BCUT2D eigenvalue weighted by Gasteiger charge is -1.96. The van der Waals surface area contributed by atoms with Crippen molar-refractivity contribution in [2.75, 3.05) is 0 Å². The van der Waals surface area contributed by atoms with E-state index >= 15 is 0 Å². The van der Waals surface area contributed by atoms with E-state index in [4.69, 9.17) is 4.42 Å². The Morgan fingerprint density at radius 3 is 3.08 bits per heavy atom. The molecule has 0 bridgehead atoms. The molecule has 2 heterocycles. The highest BCUT2D eigenvalue weighted by Gasteiger charge is 2.08. The SMILES string of the molecule is CCc1cc(=O)oc2[nH]nc(C)c12. The van der Waals surface area contributed by atoms with Crippen molar-refractivity contribution < 1.29 is 4.42 Å². The summed E-state index contributed by atoms with van der Waals surface area (Å²) in [6.07, 6.45) is 0.808. The average molecular weight is 178 g/mol. The molecule has 2 aromatic rings. The van der Waals surface area contributed by atoms with Gasteiger partial charge in [0.1, 0.15) is 0 Å². The van der Waals surface area contributed by atoms with E-state index in [1.165, 1.54) is 6.07 Å². The third-order valence-corrected chi connectivity index (χ3v) is 2.11. The van der Waals surface area contributed by atoms with E-state index in [0.717, 1.165) is 23.1 Å². The van der Waals surface area contributed by atoms with E-state index < -0.39 is 0 Å². The summed E-state index contributed by atoms with van der Waals surface area (Å²) in [5, 5.41) is 7.61. The van der Waals surface area contributed by atoms with Gasteiger partial charge in [-0.05, 0) is 18.9 Å². The Morgan fingerprint density at radius 1 is 1.62 bits per heavy atom. The second-order valence-corrected chi connectivity index (χ2v) is 2.96. The number of aryl methyl sites for hydroxylation is 2. The first kappa shape index (κ1) is 8.04. The molecule has 2 aromatic heterocycles. The van der Waals surface area contributed by atoms with Crippen LogP contribution in [-0.2, 0) is 6.42 Å². The fraction of sp³-hybridized carbons (Fsp3) is 0.333. The van der Waals surface area contributed by atoms with Crippen molar-refractivity contribution in [3.63, 3.8) is 0 Å². The molecule has 0 atom stereocenters. The molecule has 0 aliphatic heterocycles. The molecule has 4 heteroatoms. The van der Waals surface area contributed by atoms with Crippen molar-refractivity contribution >= 4 is 11.1 Å². The lowest BCUT2D eigenvalue weighted by molar-refractivity contribution is 0.546. The third kappa shape index (κ3) is 1.14. The highest BCUT2D eigenvalue weighted by molar-refractivity contribution is 5.79. The molecule has 0 fully saturated rings. The van der Waals surface area contributed by atoms with Gasteiger partial charge in [0.25, 0.3) is 0 Å². The third-order valence-electron chi connectivity index (χ3n) is 2.11. The van der Waals surface area contributed by atoms with E-state index in [-0.39, 0.29) is 5.63 Å². The summed E-state index contributed by atoms with van der Waals surface area (Å²) >= 11 is 0. The summed E-state index contributed by atoms with van der Waals surface area (Å²) in [6.45, 7) is 3.89. The van der Waals surface area contributed by atoms with Crippen LogP contribution in [0.15, 0.2) is 15.3 Å². The summed E-state index contributed by atoms with van der Waals surface area (Å²) in [5.41, 5.74) is 2.00. The molecule has 1 N–H and O–H groups in total. The van der Waals surface area contributed by atoms with Crippen LogP contribution in [0.2, 0.25) is 0 Å². The van der Waals surface area contributed by atoms with Crippen LogP contribution in [0.3, 0.4) is 0 Å². The molecule has 4 nitrogen and oxygen atoms in total. The molecular weight excluding hydrogens is 168 g/mol. The molecule has 0 amide bonds. The zero-order valence-electron chi connectivity index (χ0n) is 7.55. The first-order valence-corrected chi connectivity index (χ1v) is 4.20. The molecule has 0 saturated heterocycles. The fourth-order valence-corrected chi connectivity index (χ4v) is 1.49. The lowest BCUT2D eigenvalue weighted by atomic mass is 10.1. The smallest absolute Gasteiger partial charge is 0.337 e. The lowest BCUT2D eigenvalue weighted by Crippen LogP contribution is -1.99. The Labute approximate surface area is 74.6 Å². The first-order chi connectivity index (χ1) is 6.22. The number of fused-ring (bicyclic) bond motifs is 1. The zero-order valence-corrected chi connectivity index (χ0v) is 7.55. The maximum atomic E-state index is 11.1. The number of H-pyrrole nitrogens is 1. The predicted molar refractivity (Wildman–Crippen MR) is 48.7 cm³/mol. The number of nitrogens with one attached hydrogen (secondary N) is 1. The highest BCUT2D eigenvalue weighted by atomic mass is 16.4. The van der Waals surface area contributed by atoms with Crippen LogP contribution >= 0.6 is 0 Å². The normalized spacial score (nSPS) is 10.9. The Kier molecular flexibility index (Phi) is 1.69. The Hall–Kier alpha value is -1.58. The number of aromatic nitrogens is 2. The van der Waals surface area contributed by atoms with Gasteiger partial charge in [-0.2, -0.15) is 5.10 Å². The summed E-state index contributed by atoms with van der Waals surface area (Å²) in [5.74, 6) is 0. The second-order valence-electron chi connectivity index (χ2n) is 2.96. The van der Waals surface area contributed by atoms with Gasteiger partial charge in [0, 0.05) is 6.07 Å². The number of nitrogens with zero attached hydrogens (tertiary/aromatic N) is 1. The number of aromatic amines is 1. The van der Waals surface area contributed by atoms with E-state index in [2.05, 4.69) is 10.2 Å². The highest BCUT2D eigenvalue weighted by Crippen LogP contribution is 2.18. The number of rotatable bonds is 1. The number of hydrogen-bond donors (Lipinski definition) is 1. The molecular formula is C9H10N2O2. The van der Waals surface area contributed by atoms with Crippen LogP contribution in [0.5, 0.6) is 0 Å². The molecule has 2 rings (SSSR count). The van der Waals surface area contributed by atoms with Gasteiger partial charge in [0.05, 0.1) is 11.1 Å². The van der Waals surface area contributed by atoms with Gasteiger partial charge < -0.3 is 4.42 Å². The second kappa shape index (κ2) is 2.73. The molecule has 68 valence electrons. The van der Waals surface area contributed by atoms with Crippen LogP contribution < -0.4 is 5.63 Å². The van der Waals surface area contributed by atoms with E-state index in [1.54, 1.807) is 0 Å². The molecule has 0 aromatic carbocycles. The van der Waals surface area contributed by atoms with Gasteiger partial charge >= 0.3 is 5.63 Å². The molecule has 0 aliphatic carbocycles. The van der Waals surface area contributed by atoms with Gasteiger partial charge in [-0.1, -0.05) is 6.92 Å². The van der Waals surface area contributed by atoms with Gasteiger partial charge in [0.15, 0.2) is 0 Å². The molecule has 0 unspecified atom stereocenters. The van der Waals surface area contributed by atoms with Crippen molar-refractivity contribution in [3.05, 3.63) is 27.7 Å². The van der Waals surface area contributed by atoms with E-state index in [9.17, 15) is 4.79 Å². The Bertz CT molecular complexity index is 496. The summed E-state index contributed by atoms with van der Waals surface area (Å²) in [7, 11) is 0. The average Bonchev–Trinajstić information content (AvgIpc) is 2.46. The monoisotopic (exact) mass is 178 g/mol. The molecule has 0 radical (unpaired) electrons. The molecule has 0 spiro atoms. The molecule has 13 heavy (non-hydrogen) atoms. The summed E-state index contributed by atoms with van der Waals surface area (Å²) in [6, 6.07) is 1.52. The Balaban J connectivity index is 2.93. The summed E-state index contributed by atoms with van der Waals surface area (Å²) < 4.78 is 4.95. The Morgan fingerprint density at radius 2 is 2.38 bits per heavy atom. The van der Waals surface area contributed by atoms with Crippen LogP contribution in [0.4, 0.5) is 0 Å². The standard InChI is InChI=1S/C9H10N2O2/c1-3-6-4-7(12)13-9-8(6)5(2)10-11-9/h4H,3H2,1-2H3,(H,10,11). The van der Waals surface area contributed by atoms with Crippen molar-refractivity contribution in [1.82, 2.24) is 10.2 Å². The van der Waals surface area contributed by atoms with Gasteiger partial charge in [-0.25, -0.2) is 9.89 Å². The van der Waals surface area contributed by atoms with Crippen molar-refractivity contribution in [2.24, 2.45) is 0 Å². The maximum absolute atomic E-state index is 11.1. The predicted octanol–water partition coefficient (Wildman–Crippen LogP) is 1.39. The van der Waals surface area contributed by atoms with Crippen molar-refractivity contribution in [3.8, 4) is 0 Å². The quantitative estimate of drug-likeness (QED) is 0.717. The van der Waals surface area contributed by atoms with Crippen LogP contribution in [0, 0.1) is 6.92 Å². The van der Waals surface area contributed by atoms with Crippen LogP contribution in [-0.4, -0.2) is 10.2 Å². The van der Waals surface area contributed by atoms with Gasteiger partial charge in [0.2, 0.25) is 5.71 Å². The van der Waals surface area contributed by atoms with Crippen LogP contribution in [0.25, 0.3) is 11.1 Å².